The highest BCUT2D eigenvalue weighted by molar-refractivity contribution is 6.03. The highest BCUT2D eigenvalue weighted by Crippen LogP contribution is 2.54. The lowest BCUT2D eigenvalue weighted by molar-refractivity contribution is -0.460. The number of rotatable bonds is 9. The number of para-hydroxylation sites is 2. The number of benzene rings is 2. The smallest absolute Gasteiger partial charge is 0.311 e. The second-order valence-corrected chi connectivity index (χ2v) is 15.8. The summed E-state index contributed by atoms with van der Waals surface area (Å²) >= 11 is 0. The first kappa shape index (κ1) is 33.2. The third kappa shape index (κ3) is 4.81. The number of carboxylic acid groups (broad SMARTS) is 2. The molecule has 0 radical (unpaired) electrons. The molecule has 4 rings (SSSR count). The van der Waals surface area contributed by atoms with E-state index in [2.05, 4.69) is 85.7 Å². The Labute approximate surface area is 263 Å². The van der Waals surface area contributed by atoms with E-state index in [0.29, 0.717) is 6.54 Å². The standard InChI is InChI=1S/C38H50N2O4/c1-33(2,36(7,8)31(41)42)24-39-27-20-15-13-18-25(27)34(3,4)29(39)22-17-23-30-35(5,6)26-19-14-16-21-28(26)40(30)38(11,12)37(9,10)32(43)44/h13-23H,24H2,1-12H3,(H-,41,42,43,44)/p+1. The summed E-state index contributed by atoms with van der Waals surface area (Å²) in [6.45, 7) is 24.6. The maximum absolute atomic E-state index is 12.5. The molecule has 0 aliphatic carbocycles. The van der Waals surface area contributed by atoms with E-state index in [9.17, 15) is 19.8 Å². The summed E-state index contributed by atoms with van der Waals surface area (Å²) in [7, 11) is 0. The third-order valence-corrected chi connectivity index (χ3v) is 11.4. The molecular weight excluding hydrogens is 548 g/mol. The van der Waals surface area contributed by atoms with Crippen molar-refractivity contribution in [1.29, 1.82) is 0 Å². The summed E-state index contributed by atoms with van der Waals surface area (Å²) in [5, 5.41) is 20.4. The number of anilines is 1. The molecule has 0 amide bonds. The van der Waals surface area contributed by atoms with Crippen LogP contribution >= 0.6 is 0 Å². The van der Waals surface area contributed by atoms with Crippen molar-refractivity contribution < 1.29 is 24.4 Å². The third-order valence-electron chi connectivity index (χ3n) is 11.4. The van der Waals surface area contributed by atoms with Crippen LogP contribution in [0.5, 0.6) is 0 Å². The van der Waals surface area contributed by atoms with Crippen molar-refractivity contribution in [3.05, 3.63) is 83.6 Å². The molecule has 2 N–H and O–H groups in total. The van der Waals surface area contributed by atoms with Crippen LogP contribution in [-0.2, 0) is 20.4 Å². The van der Waals surface area contributed by atoms with Crippen molar-refractivity contribution >= 4 is 29.0 Å². The van der Waals surface area contributed by atoms with Crippen LogP contribution in [0.25, 0.3) is 0 Å². The number of aliphatic carboxylic acids is 2. The lowest BCUT2D eigenvalue weighted by Crippen LogP contribution is -2.57. The molecule has 236 valence electrons. The predicted octanol–water partition coefficient (Wildman–Crippen LogP) is 8.33. The van der Waals surface area contributed by atoms with Gasteiger partial charge in [-0.15, -0.1) is 0 Å². The van der Waals surface area contributed by atoms with Gasteiger partial charge >= 0.3 is 11.9 Å². The van der Waals surface area contributed by atoms with Crippen LogP contribution in [0.2, 0.25) is 0 Å². The number of fused-ring (bicyclic) bond motifs is 2. The van der Waals surface area contributed by atoms with E-state index in [0.717, 1.165) is 28.3 Å². The van der Waals surface area contributed by atoms with Gasteiger partial charge in [0.15, 0.2) is 12.3 Å². The lowest BCUT2D eigenvalue weighted by atomic mass is 9.67. The Morgan fingerprint density at radius 3 is 1.86 bits per heavy atom. The van der Waals surface area contributed by atoms with Gasteiger partial charge < -0.3 is 15.1 Å². The molecule has 0 atom stereocenters. The van der Waals surface area contributed by atoms with Crippen molar-refractivity contribution in [1.82, 2.24) is 0 Å². The zero-order valence-electron chi connectivity index (χ0n) is 28.7. The van der Waals surface area contributed by atoms with Crippen LogP contribution in [0, 0.1) is 16.2 Å². The van der Waals surface area contributed by atoms with Crippen LogP contribution in [0.15, 0.2) is 72.5 Å². The summed E-state index contributed by atoms with van der Waals surface area (Å²) in [6.07, 6.45) is 6.38. The zero-order valence-corrected chi connectivity index (χ0v) is 28.7. The van der Waals surface area contributed by atoms with Crippen LogP contribution in [0.4, 0.5) is 11.4 Å². The molecular formula is C38H51N2O4+. The minimum Gasteiger partial charge on any atom is -0.481 e. The molecule has 2 aliphatic heterocycles. The summed E-state index contributed by atoms with van der Waals surface area (Å²) in [5.41, 5.74) is 2.63. The predicted molar refractivity (Wildman–Crippen MR) is 179 cm³/mol. The summed E-state index contributed by atoms with van der Waals surface area (Å²) in [6, 6.07) is 16.6. The summed E-state index contributed by atoms with van der Waals surface area (Å²) < 4.78 is 2.29. The summed E-state index contributed by atoms with van der Waals surface area (Å²) in [4.78, 5) is 27.1. The van der Waals surface area contributed by atoms with E-state index in [1.54, 1.807) is 27.7 Å². The molecule has 44 heavy (non-hydrogen) atoms. The second-order valence-electron chi connectivity index (χ2n) is 15.8. The Bertz CT molecular complexity index is 1600. The molecule has 2 aromatic rings. The van der Waals surface area contributed by atoms with Crippen molar-refractivity contribution in [3.8, 4) is 0 Å². The van der Waals surface area contributed by atoms with Crippen LogP contribution in [0.1, 0.15) is 94.2 Å². The maximum Gasteiger partial charge on any atom is 0.311 e. The van der Waals surface area contributed by atoms with Crippen molar-refractivity contribution in [2.45, 2.75) is 99.5 Å². The van der Waals surface area contributed by atoms with Crippen LogP contribution in [0.3, 0.4) is 0 Å². The largest absolute Gasteiger partial charge is 0.481 e. The van der Waals surface area contributed by atoms with Crippen LogP contribution in [-0.4, -0.2) is 44.5 Å². The Kier molecular flexibility index (Phi) is 7.90. The first-order valence-electron chi connectivity index (χ1n) is 15.5. The van der Waals surface area contributed by atoms with Crippen molar-refractivity contribution in [2.24, 2.45) is 16.2 Å². The Hall–Kier alpha value is -3.67. The second kappa shape index (κ2) is 10.5. The van der Waals surface area contributed by atoms with Gasteiger partial charge in [-0.1, -0.05) is 70.2 Å². The molecule has 2 heterocycles. The SMILES string of the molecule is CC1(C)C(/C=C/C=C2/N(C(C)(C)C(C)(C)C(=O)O)c3ccccc3C2(C)C)=[N+](CC(C)(C)C(C)(C)C(=O)O)c2ccccc21. The normalized spacial score (nSPS) is 19.1. The topological polar surface area (TPSA) is 80.9 Å². The number of nitrogens with zero attached hydrogens (tertiary/aromatic N) is 2. The highest BCUT2D eigenvalue weighted by atomic mass is 16.4. The molecule has 2 aliphatic rings. The van der Waals surface area contributed by atoms with Gasteiger partial charge in [-0.2, -0.15) is 4.58 Å². The fraction of sp³-hybridized carbons (Fsp3) is 0.500. The monoisotopic (exact) mass is 599 g/mol. The number of hydrogen-bond acceptors (Lipinski definition) is 3. The molecule has 0 aromatic heterocycles. The van der Waals surface area contributed by atoms with E-state index >= 15 is 0 Å². The van der Waals surface area contributed by atoms with Gasteiger partial charge in [-0.25, -0.2) is 0 Å². The van der Waals surface area contributed by atoms with E-state index in [1.807, 2.05) is 45.9 Å². The Balaban J connectivity index is 1.90. The van der Waals surface area contributed by atoms with E-state index in [-0.39, 0.29) is 10.8 Å². The van der Waals surface area contributed by atoms with Crippen LogP contribution < -0.4 is 4.90 Å². The Morgan fingerprint density at radius 1 is 0.773 bits per heavy atom. The molecule has 0 bridgehead atoms. The van der Waals surface area contributed by atoms with Gasteiger partial charge in [0, 0.05) is 39.9 Å². The first-order valence-corrected chi connectivity index (χ1v) is 15.5. The molecule has 0 saturated heterocycles. The van der Waals surface area contributed by atoms with Crippen molar-refractivity contribution in [2.75, 3.05) is 11.4 Å². The number of carboxylic acids is 2. The fourth-order valence-electron chi connectivity index (χ4n) is 6.59. The quantitative estimate of drug-likeness (QED) is 0.283. The molecule has 0 fully saturated rings. The van der Waals surface area contributed by atoms with Gasteiger partial charge in [0.25, 0.3) is 0 Å². The lowest BCUT2D eigenvalue weighted by Gasteiger charge is -2.48. The minimum absolute atomic E-state index is 0.312. The van der Waals surface area contributed by atoms with Crippen molar-refractivity contribution in [3.63, 3.8) is 0 Å². The average molecular weight is 600 g/mol. The van der Waals surface area contributed by atoms with E-state index < -0.39 is 33.7 Å². The minimum atomic E-state index is -1.05. The average Bonchev–Trinajstić information content (AvgIpc) is 3.28. The van der Waals surface area contributed by atoms with Gasteiger partial charge in [0.1, 0.15) is 0 Å². The fourth-order valence-corrected chi connectivity index (χ4v) is 6.59. The zero-order chi connectivity index (χ0) is 33.3. The summed E-state index contributed by atoms with van der Waals surface area (Å²) in [5.74, 6) is -1.66. The molecule has 6 heteroatoms. The molecule has 0 saturated carbocycles. The van der Waals surface area contributed by atoms with Gasteiger partial charge in [-0.05, 0) is 73.1 Å². The number of hydrogen-bond donors (Lipinski definition) is 2. The molecule has 6 nitrogen and oxygen atoms in total. The highest BCUT2D eigenvalue weighted by Gasteiger charge is 2.54. The number of allylic oxidation sites excluding steroid dienone is 4. The van der Waals surface area contributed by atoms with E-state index in [4.69, 9.17) is 0 Å². The van der Waals surface area contributed by atoms with Gasteiger partial charge in [-0.3, -0.25) is 9.59 Å². The van der Waals surface area contributed by atoms with Gasteiger partial charge in [0.05, 0.1) is 21.8 Å². The molecule has 0 spiro atoms. The molecule has 2 aromatic carbocycles. The maximum atomic E-state index is 12.5. The first-order chi connectivity index (χ1) is 20.0. The number of carbonyl (C=O) groups is 2. The van der Waals surface area contributed by atoms with E-state index in [1.165, 1.54) is 5.56 Å². The van der Waals surface area contributed by atoms with Gasteiger partial charge in [0.2, 0.25) is 5.69 Å². The molecule has 0 unspecified atom stereocenters. The Morgan fingerprint density at radius 2 is 1.30 bits per heavy atom.